The molecule has 2 N–H and O–H groups in total. The van der Waals surface area contributed by atoms with E-state index in [-0.39, 0.29) is 11.6 Å². The molecule has 1 aromatic carbocycles. The summed E-state index contributed by atoms with van der Waals surface area (Å²) in [5, 5.41) is 13.3. The summed E-state index contributed by atoms with van der Waals surface area (Å²) in [5.41, 5.74) is 1.69. The second-order valence-electron chi connectivity index (χ2n) is 8.70. The largest absolute Gasteiger partial charge is 0.487 e. The SMILES string of the molecule is CC1(C)Cc2cc(CNC(=O)N3CCC4(CC3)OCCCC4O)ccc2O1. The van der Waals surface area contributed by atoms with Gasteiger partial charge in [0.25, 0.3) is 0 Å². The van der Waals surface area contributed by atoms with Crippen LogP contribution >= 0.6 is 0 Å². The number of rotatable bonds is 2. The predicted octanol–water partition coefficient (Wildman–Crippen LogP) is 2.62. The van der Waals surface area contributed by atoms with Gasteiger partial charge in [-0.15, -0.1) is 0 Å². The van der Waals surface area contributed by atoms with Crippen LogP contribution in [0.5, 0.6) is 5.75 Å². The number of piperidine rings is 1. The normalized spacial score (nSPS) is 25.7. The number of nitrogens with zero attached hydrogens (tertiary/aromatic N) is 1. The molecule has 0 saturated carbocycles. The van der Waals surface area contributed by atoms with E-state index >= 15 is 0 Å². The molecule has 1 unspecified atom stereocenters. The summed E-state index contributed by atoms with van der Waals surface area (Å²) >= 11 is 0. The zero-order chi connectivity index (χ0) is 19.1. The summed E-state index contributed by atoms with van der Waals surface area (Å²) in [5.74, 6) is 0.947. The molecule has 1 atom stereocenters. The van der Waals surface area contributed by atoms with Crippen LogP contribution in [0.4, 0.5) is 4.79 Å². The molecule has 3 aliphatic rings. The van der Waals surface area contributed by atoms with Crippen LogP contribution in [-0.2, 0) is 17.7 Å². The number of hydrogen-bond donors (Lipinski definition) is 2. The van der Waals surface area contributed by atoms with Crippen molar-refractivity contribution in [2.24, 2.45) is 0 Å². The lowest BCUT2D eigenvalue weighted by atomic mass is 9.82. The molecule has 0 aromatic heterocycles. The van der Waals surface area contributed by atoms with Crippen LogP contribution in [0.15, 0.2) is 18.2 Å². The third kappa shape index (κ3) is 3.78. The van der Waals surface area contributed by atoms with Crippen LogP contribution in [0.3, 0.4) is 0 Å². The van der Waals surface area contributed by atoms with E-state index in [4.69, 9.17) is 9.47 Å². The van der Waals surface area contributed by atoms with Crippen molar-refractivity contribution in [2.75, 3.05) is 19.7 Å². The maximum Gasteiger partial charge on any atom is 0.317 e. The Morgan fingerprint density at radius 2 is 2.11 bits per heavy atom. The number of fused-ring (bicyclic) bond motifs is 1. The highest BCUT2D eigenvalue weighted by atomic mass is 16.5. The van der Waals surface area contributed by atoms with Gasteiger partial charge in [-0.05, 0) is 56.7 Å². The van der Waals surface area contributed by atoms with Crippen molar-refractivity contribution >= 4 is 6.03 Å². The highest BCUT2D eigenvalue weighted by Gasteiger charge is 2.44. The topological polar surface area (TPSA) is 71.0 Å². The van der Waals surface area contributed by atoms with Crippen LogP contribution in [0, 0.1) is 0 Å². The lowest BCUT2D eigenvalue weighted by molar-refractivity contribution is -0.173. The van der Waals surface area contributed by atoms with Gasteiger partial charge in [0.05, 0.1) is 11.7 Å². The zero-order valence-corrected chi connectivity index (χ0v) is 16.3. The summed E-state index contributed by atoms with van der Waals surface area (Å²) in [6.45, 7) is 6.63. The molecule has 27 heavy (non-hydrogen) atoms. The van der Waals surface area contributed by atoms with E-state index in [0.717, 1.165) is 30.6 Å². The Hall–Kier alpha value is -1.79. The summed E-state index contributed by atoms with van der Waals surface area (Å²) in [7, 11) is 0. The molecule has 148 valence electrons. The Kier molecular flexibility index (Phi) is 4.80. The molecule has 0 radical (unpaired) electrons. The number of nitrogens with one attached hydrogen (secondary N) is 1. The van der Waals surface area contributed by atoms with Crippen molar-refractivity contribution in [2.45, 2.75) is 69.8 Å². The molecule has 2 fully saturated rings. The number of hydrogen-bond acceptors (Lipinski definition) is 4. The van der Waals surface area contributed by atoms with Gasteiger partial charge >= 0.3 is 6.03 Å². The van der Waals surface area contributed by atoms with E-state index < -0.39 is 11.7 Å². The minimum atomic E-state index is -0.443. The zero-order valence-electron chi connectivity index (χ0n) is 16.3. The van der Waals surface area contributed by atoms with E-state index in [2.05, 4.69) is 25.2 Å². The molecular weight excluding hydrogens is 344 g/mol. The molecule has 1 aromatic rings. The van der Waals surface area contributed by atoms with Gasteiger partial charge in [-0.25, -0.2) is 4.79 Å². The van der Waals surface area contributed by atoms with Gasteiger partial charge in [-0.3, -0.25) is 0 Å². The fourth-order valence-corrected chi connectivity index (χ4v) is 4.54. The first-order valence-corrected chi connectivity index (χ1v) is 10.0. The van der Waals surface area contributed by atoms with Gasteiger partial charge in [-0.1, -0.05) is 12.1 Å². The average Bonchev–Trinajstić information content (AvgIpc) is 2.96. The van der Waals surface area contributed by atoms with Gasteiger partial charge in [-0.2, -0.15) is 0 Å². The molecule has 4 rings (SSSR count). The number of benzene rings is 1. The number of urea groups is 1. The highest BCUT2D eigenvalue weighted by molar-refractivity contribution is 5.74. The molecule has 2 amide bonds. The van der Waals surface area contributed by atoms with E-state index in [1.54, 1.807) is 0 Å². The minimum absolute atomic E-state index is 0.0489. The van der Waals surface area contributed by atoms with Crippen LogP contribution in [0.1, 0.15) is 50.7 Å². The molecule has 2 saturated heterocycles. The number of amides is 2. The first-order chi connectivity index (χ1) is 12.9. The van der Waals surface area contributed by atoms with Crippen molar-refractivity contribution in [3.63, 3.8) is 0 Å². The maximum atomic E-state index is 12.5. The molecule has 0 bridgehead atoms. The molecule has 3 heterocycles. The van der Waals surface area contributed by atoms with Gasteiger partial charge in [0, 0.05) is 32.7 Å². The quantitative estimate of drug-likeness (QED) is 0.835. The van der Waals surface area contributed by atoms with Gasteiger partial charge in [0.1, 0.15) is 11.4 Å². The lowest BCUT2D eigenvalue weighted by Gasteiger charge is -2.46. The number of carbonyl (C=O) groups is 1. The molecule has 6 heteroatoms. The average molecular weight is 374 g/mol. The second-order valence-corrected chi connectivity index (χ2v) is 8.70. The van der Waals surface area contributed by atoms with Gasteiger partial charge < -0.3 is 24.8 Å². The van der Waals surface area contributed by atoms with Crippen LogP contribution in [0.25, 0.3) is 0 Å². The molecule has 1 spiro atoms. The van der Waals surface area contributed by atoms with Gasteiger partial charge in [0.15, 0.2) is 0 Å². The summed E-state index contributed by atoms with van der Waals surface area (Å²) < 4.78 is 11.8. The minimum Gasteiger partial charge on any atom is -0.487 e. The highest BCUT2D eigenvalue weighted by Crippen LogP contribution is 2.36. The van der Waals surface area contributed by atoms with E-state index in [1.807, 2.05) is 17.0 Å². The van der Waals surface area contributed by atoms with Gasteiger partial charge in [0.2, 0.25) is 0 Å². The number of carbonyl (C=O) groups excluding carboxylic acids is 1. The molecule has 0 aliphatic carbocycles. The van der Waals surface area contributed by atoms with Crippen molar-refractivity contribution in [1.82, 2.24) is 10.2 Å². The molecule has 3 aliphatic heterocycles. The lowest BCUT2D eigenvalue weighted by Crippen LogP contribution is -2.57. The standard InChI is InChI=1S/C21H30N2O4/c1-20(2)13-16-12-15(5-6-17(16)27-20)14-22-19(25)23-9-7-21(8-10-23)18(24)4-3-11-26-21/h5-6,12,18,24H,3-4,7-11,13-14H2,1-2H3,(H,22,25). The Morgan fingerprint density at radius 1 is 1.33 bits per heavy atom. The summed E-state index contributed by atoms with van der Waals surface area (Å²) in [6, 6.07) is 6.09. The van der Waals surface area contributed by atoms with Crippen molar-refractivity contribution in [3.8, 4) is 5.75 Å². The third-order valence-electron chi connectivity index (χ3n) is 6.09. The van der Waals surface area contributed by atoms with E-state index in [9.17, 15) is 9.90 Å². The van der Waals surface area contributed by atoms with Crippen molar-refractivity contribution in [3.05, 3.63) is 29.3 Å². The predicted molar refractivity (Wildman–Crippen MR) is 102 cm³/mol. The smallest absolute Gasteiger partial charge is 0.317 e. The number of ether oxygens (including phenoxy) is 2. The Bertz CT molecular complexity index is 710. The first kappa shape index (κ1) is 18.6. The second kappa shape index (κ2) is 6.99. The fourth-order valence-electron chi connectivity index (χ4n) is 4.54. The van der Waals surface area contributed by atoms with E-state index in [1.165, 1.54) is 5.56 Å². The van der Waals surface area contributed by atoms with Crippen molar-refractivity contribution in [1.29, 1.82) is 0 Å². The Morgan fingerprint density at radius 3 is 2.85 bits per heavy atom. The molecule has 6 nitrogen and oxygen atoms in total. The maximum absolute atomic E-state index is 12.5. The van der Waals surface area contributed by atoms with Crippen molar-refractivity contribution < 1.29 is 19.4 Å². The summed E-state index contributed by atoms with van der Waals surface area (Å²) in [4.78, 5) is 14.4. The number of aliphatic hydroxyl groups is 1. The summed E-state index contributed by atoms with van der Waals surface area (Å²) in [6.07, 6.45) is 3.59. The van der Waals surface area contributed by atoms with Crippen LogP contribution < -0.4 is 10.1 Å². The molecular formula is C21H30N2O4. The first-order valence-electron chi connectivity index (χ1n) is 10.0. The van der Waals surface area contributed by atoms with Crippen LogP contribution in [0.2, 0.25) is 0 Å². The van der Waals surface area contributed by atoms with Crippen LogP contribution in [-0.4, -0.2) is 53.0 Å². The monoisotopic (exact) mass is 374 g/mol. The Labute approximate surface area is 160 Å². The van der Waals surface area contributed by atoms with E-state index in [0.29, 0.717) is 39.1 Å². The number of aliphatic hydroxyl groups excluding tert-OH is 1. The number of likely N-dealkylation sites (tertiary alicyclic amines) is 1. The fraction of sp³-hybridized carbons (Fsp3) is 0.667. The third-order valence-corrected chi connectivity index (χ3v) is 6.09. The Balaban J connectivity index is 1.30.